The molecule has 2 aliphatic heterocycles. The molecule has 0 aromatic carbocycles. The maximum Gasteiger partial charge on any atom is 0.254 e. The number of amides is 2. The molecule has 1 aliphatic carbocycles. The third-order valence-corrected chi connectivity index (χ3v) is 3.41. The summed E-state index contributed by atoms with van der Waals surface area (Å²) in [5, 5.41) is 2.39. The topological polar surface area (TPSA) is 58.7 Å². The minimum atomic E-state index is -0.170. The standard InChI is InChI=1S/C11H13NO3/c13-10-8-3-1-2-6(4-7-5-15-7)9(8)11(14)12-10/h6-7H,1-5H2,(H,12,13,14). The van der Waals surface area contributed by atoms with E-state index in [1.165, 1.54) is 0 Å². The second-order valence-corrected chi connectivity index (χ2v) is 4.46. The molecular weight excluding hydrogens is 194 g/mol. The number of imide groups is 1. The summed E-state index contributed by atoms with van der Waals surface area (Å²) in [6.07, 6.45) is 4.01. The maximum atomic E-state index is 11.6. The van der Waals surface area contributed by atoms with Crippen LogP contribution in [0.4, 0.5) is 0 Å². The van der Waals surface area contributed by atoms with E-state index in [1.54, 1.807) is 0 Å². The Hall–Kier alpha value is -1.16. The largest absolute Gasteiger partial charge is 0.373 e. The highest BCUT2D eigenvalue weighted by atomic mass is 16.6. The molecule has 3 rings (SSSR count). The SMILES string of the molecule is O=C1NC(=O)C2=C1CCCC2CC1CO1. The molecule has 4 nitrogen and oxygen atoms in total. The van der Waals surface area contributed by atoms with Gasteiger partial charge >= 0.3 is 0 Å². The van der Waals surface area contributed by atoms with E-state index in [4.69, 9.17) is 4.74 Å². The van der Waals surface area contributed by atoms with Gasteiger partial charge in [-0.3, -0.25) is 14.9 Å². The highest BCUT2D eigenvalue weighted by molar-refractivity contribution is 6.19. The van der Waals surface area contributed by atoms with Crippen molar-refractivity contribution in [1.82, 2.24) is 5.32 Å². The smallest absolute Gasteiger partial charge is 0.254 e. The molecule has 15 heavy (non-hydrogen) atoms. The first-order chi connectivity index (χ1) is 7.25. The van der Waals surface area contributed by atoms with Crippen molar-refractivity contribution in [3.8, 4) is 0 Å². The number of nitrogens with one attached hydrogen (secondary N) is 1. The minimum Gasteiger partial charge on any atom is -0.373 e. The van der Waals surface area contributed by atoms with Gasteiger partial charge in [-0.15, -0.1) is 0 Å². The first kappa shape index (κ1) is 9.09. The van der Waals surface area contributed by atoms with Crippen LogP contribution in [0.1, 0.15) is 25.7 Å². The maximum absolute atomic E-state index is 11.6. The molecular formula is C11H13NO3. The lowest BCUT2D eigenvalue weighted by molar-refractivity contribution is -0.124. The van der Waals surface area contributed by atoms with Crippen LogP contribution < -0.4 is 5.32 Å². The van der Waals surface area contributed by atoms with E-state index in [0.29, 0.717) is 6.10 Å². The van der Waals surface area contributed by atoms with Crippen molar-refractivity contribution < 1.29 is 14.3 Å². The number of carbonyl (C=O) groups excluding carboxylic acids is 2. The predicted molar refractivity (Wildman–Crippen MR) is 51.9 cm³/mol. The molecule has 0 aromatic heterocycles. The molecule has 1 saturated heterocycles. The van der Waals surface area contributed by atoms with Crippen molar-refractivity contribution in [3.63, 3.8) is 0 Å². The molecule has 1 fully saturated rings. The van der Waals surface area contributed by atoms with E-state index in [2.05, 4.69) is 5.32 Å². The number of hydrogen-bond acceptors (Lipinski definition) is 3. The summed E-state index contributed by atoms with van der Waals surface area (Å²) in [7, 11) is 0. The molecule has 0 spiro atoms. The first-order valence-corrected chi connectivity index (χ1v) is 5.46. The van der Waals surface area contributed by atoms with E-state index in [0.717, 1.165) is 43.4 Å². The van der Waals surface area contributed by atoms with E-state index in [-0.39, 0.29) is 17.7 Å². The molecule has 80 valence electrons. The molecule has 2 atom stereocenters. The molecule has 3 aliphatic rings. The number of epoxide rings is 1. The minimum absolute atomic E-state index is 0.166. The van der Waals surface area contributed by atoms with Crippen molar-refractivity contribution >= 4 is 11.8 Å². The summed E-state index contributed by atoms with van der Waals surface area (Å²) in [5.74, 6) is -0.0931. The van der Waals surface area contributed by atoms with Gasteiger partial charge in [0.25, 0.3) is 11.8 Å². The van der Waals surface area contributed by atoms with Crippen LogP contribution in [0.25, 0.3) is 0 Å². The Morgan fingerprint density at radius 3 is 2.87 bits per heavy atom. The van der Waals surface area contributed by atoms with Gasteiger partial charge < -0.3 is 4.74 Å². The zero-order valence-electron chi connectivity index (χ0n) is 8.41. The molecule has 0 saturated carbocycles. The van der Waals surface area contributed by atoms with Gasteiger partial charge in [0.05, 0.1) is 12.7 Å². The summed E-state index contributed by atoms with van der Waals surface area (Å²) < 4.78 is 5.18. The van der Waals surface area contributed by atoms with Gasteiger partial charge in [-0.1, -0.05) is 0 Å². The van der Waals surface area contributed by atoms with Crippen molar-refractivity contribution in [2.45, 2.75) is 31.8 Å². The Bertz CT molecular complexity index is 368. The Morgan fingerprint density at radius 1 is 1.33 bits per heavy atom. The second-order valence-electron chi connectivity index (χ2n) is 4.46. The van der Waals surface area contributed by atoms with E-state index < -0.39 is 0 Å². The van der Waals surface area contributed by atoms with Gasteiger partial charge in [-0.2, -0.15) is 0 Å². The first-order valence-electron chi connectivity index (χ1n) is 5.46. The fraction of sp³-hybridized carbons (Fsp3) is 0.636. The average Bonchev–Trinajstić information content (AvgIpc) is 2.96. The van der Waals surface area contributed by atoms with E-state index >= 15 is 0 Å². The summed E-state index contributed by atoms with van der Waals surface area (Å²) in [6, 6.07) is 0. The lowest BCUT2D eigenvalue weighted by Gasteiger charge is -2.21. The number of ether oxygens (including phenoxy) is 1. The molecule has 2 unspecified atom stereocenters. The van der Waals surface area contributed by atoms with Crippen molar-refractivity contribution in [3.05, 3.63) is 11.1 Å². The third kappa shape index (κ3) is 1.49. The van der Waals surface area contributed by atoms with Crippen LogP contribution in [-0.2, 0) is 14.3 Å². The average molecular weight is 207 g/mol. The normalized spacial score (nSPS) is 34.1. The highest BCUT2D eigenvalue weighted by Crippen LogP contribution is 2.37. The molecule has 0 radical (unpaired) electrons. The number of hydrogen-bond donors (Lipinski definition) is 1. The van der Waals surface area contributed by atoms with Crippen LogP contribution in [0.15, 0.2) is 11.1 Å². The Morgan fingerprint density at radius 2 is 2.13 bits per heavy atom. The Balaban J connectivity index is 1.88. The van der Waals surface area contributed by atoms with Gasteiger partial charge in [0, 0.05) is 11.1 Å². The zero-order chi connectivity index (χ0) is 10.4. The summed E-state index contributed by atoms with van der Waals surface area (Å²) in [6.45, 7) is 0.814. The molecule has 0 bridgehead atoms. The second kappa shape index (κ2) is 3.17. The highest BCUT2D eigenvalue weighted by Gasteiger charge is 2.39. The van der Waals surface area contributed by atoms with Gasteiger partial charge in [0.1, 0.15) is 0 Å². The number of carbonyl (C=O) groups is 2. The molecule has 1 N–H and O–H groups in total. The van der Waals surface area contributed by atoms with Crippen molar-refractivity contribution in [2.24, 2.45) is 5.92 Å². The van der Waals surface area contributed by atoms with E-state index in [9.17, 15) is 9.59 Å². The van der Waals surface area contributed by atoms with Crippen LogP contribution in [0.2, 0.25) is 0 Å². The molecule has 2 amide bonds. The third-order valence-electron chi connectivity index (χ3n) is 3.41. The van der Waals surface area contributed by atoms with Crippen LogP contribution >= 0.6 is 0 Å². The fourth-order valence-electron chi connectivity index (χ4n) is 2.61. The molecule has 2 heterocycles. The quantitative estimate of drug-likeness (QED) is 0.530. The fourth-order valence-corrected chi connectivity index (χ4v) is 2.61. The van der Waals surface area contributed by atoms with Crippen molar-refractivity contribution in [1.29, 1.82) is 0 Å². The monoisotopic (exact) mass is 207 g/mol. The summed E-state index contributed by atoms with van der Waals surface area (Å²) in [4.78, 5) is 23.0. The van der Waals surface area contributed by atoms with Crippen LogP contribution in [0.5, 0.6) is 0 Å². The summed E-state index contributed by atoms with van der Waals surface area (Å²) in [5.41, 5.74) is 1.48. The van der Waals surface area contributed by atoms with Crippen molar-refractivity contribution in [2.75, 3.05) is 6.61 Å². The van der Waals surface area contributed by atoms with E-state index in [1.807, 2.05) is 0 Å². The number of rotatable bonds is 2. The summed E-state index contributed by atoms with van der Waals surface area (Å²) >= 11 is 0. The van der Waals surface area contributed by atoms with Gasteiger partial charge in [-0.05, 0) is 31.6 Å². The molecule has 0 aromatic rings. The zero-order valence-corrected chi connectivity index (χ0v) is 8.41. The van der Waals surface area contributed by atoms with Crippen LogP contribution in [0, 0.1) is 5.92 Å². The van der Waals surface area contributed by atoms with Gasteiger partial charge in [-0.25, -0.2) is 0 Å². The Labute approximate surface area is 87.7 Å². The van der Waals surface area contributed by atoms with Gasteiger partial charge in [0.15, 0.2) is 0 Å². The Kier molecular flexibility index (Phi) is 1.92. The van der Waals surface area contributed by atoms with Gasteiger partial charge in [0.2, 0.25) is 0 Å². The lowest BCUT2D eigenvalue weighted by Crippen LogP contribution is -2.24. The van der Waals surface area contributed by atoms with Crippen LogP contribution in [0.3, 0.4) is 0 Å². The predicted octanol–water partition coefficient (Wildman–Crippen LogP) is 0.528. The molecule has 4 heteroatoms. The van der Waals surface area contributed by atoms with Crippen LogP contribution in [-0.4, -0.2) is 24.5 Å². The lowest BCUT2D eigenvalue weighted by atomic mass is 9.81.